The number of aromatic hydroxyl groups is 1. The number of alkyl halides is 3. The van der Waals surface area contributed by atoms with Gasteiger partial charge in [-0.2, -0.15) is 14.8 Å². The molecule has 5 nitrogen and oxygen atoms in total. The fourth-order valence-corrected chi connectivity index (χ4v) is 2.24. The van der Waals surface area contributed by atoms with E-state index in [0.29, 0.717) is 22.3 Å². The zero-order valence-electron chi connectivity index (χ0n) is 11.3. The number of aryl methyl sites for hydroxylation is 1. The van der Waals surface area contributed by atoms with Crippen molar-refractivity contribution in [2.24, 2.45) is 0 Å². The quantitative estimate of drug-likeness (QED) is 0.789. The summed E-state index contributed by atoms with van der Waals surface area (Å²) < 4.78 is 42.3. The molecule has 22 heavy (non-hydrogen) atoms. The van der Waals surface area contributed by atoms with Crippen LogP contribution in [0, 0.1) is 6.92 Å². The number of aromatic nitrogens is 3. The van der Waals surface area contributed by atoms with Crippen LogP contribution in [0.5, 0.6) is 11.5 Å². The summed E-state index contributed by atoms with van der Waals surface area (Å²) in [5.41, 5.74) is 2.31. The first-order valence-corrected chi connectivity index (χ1v) is 6.25. The van der Waals surface area contributed by atoms with Gasteiger partial charge in [-0.25, -0.2) is 0 Å². The molecule has 0 saturated carbocycles. The summed E-state index contributed by atoms with van der Waals surface area (Å²) in [5, 5.41) is 17.7. The van der Waals surface area contributed by atoms with Gasteiger partial charge in [0.2, 0.25) is 0 Å². The maximum atomic E-state index is 12.4. The average molecular weight is 309 g/mol. The van der Waals surface area contributed by atoms with Gasteiger partial charge in [-0.3, -0.25) is 0 Å². The van der Waals surface area contributed by atoms with Gasteiger partial charge in [-0.05, 0) is 36.8 Å². The van der Waals surface area contributed by atoms with Crippen LogP contribution in [0.25, 0.3) is 16.6 Å². The van der Waals surface area contributed by atoms with Gasteiger partial charge in [0.25, 0.3) is 0 Å². The number of ether oxygens (including phenoxy) is 1. The molecular weight excluding hydrogens is 299 g/mol. The van der Waals surface area contributed by atoms with Crippen LogP contribution < -0.4 is 4.74 Å². The maximum absolute atomic E-state index is 12.4. The van der Waals surface area contributed by atoms with E-state index in [2.05, 4.69) is 14.9 Å². The van der Waals surface area contributed by atoms with Crippen molar-refractivity contribution in [3.8, 4) is 22.6 Å². The van der Waals surface area contributed by atoms with Gasteiger partial charge in [0.05, 0.1) is 11.2 Å². The molecule has 0 aliphatic rings. The highest BCUT2D eigenvalue weighted by Crippen LogP contribution is 2.37. The van der Waals surface area contributed by atoms with Gasteiger partial charge in [-0.1, -0.05) is 6.07 Å². The molecule has 8 heteroatoms. The summed E-state index contributed by atoms with van der Waals surface area (Å²) in [5.74, 6) is -1.25. The van der Waals surface area contributed by atoms with E-state index in [1.165, 1.54) is 10.7 Å². The molecule has 0 saturated heterocycles. The Morgan fingerprint density at radius 1 is 1.23 bits per heavy atom. The second kappa shape index (κ2) is 4.90. The molecular formula is C14H10F3N3O2. The van der Waals surface area contributed by atoms with Gasteiger partial charge in [-0.15, -0.1) is 13.2 Å². The number of hydrogen-bond donors (Lipinski definition) is 1. The normalized spacial score (nSPS) is 11.8. The van der Waals surface area contributed by atoms with Crippen LogP contribution in [0.15, 0.2) is 36.5 Å². The fourth-order valence-electron chi connectivity index (χ4n) is 2.24. The predicted molar refractivity (Wildman–Crippen MR) is 71.5 cm³/mol. The molecule has 2 aromatic heterocycles. The smallest absolute Gasteiger partial charge is 0.504 e. The zero-order chi connectivity index (χ0) is 15.9. The summed E-state index contributed by atoms with van der Waals surface area (Å²) in [7, 11) is 0. The third-order valence-corrected chi connectivity index (χ3v) is 3.07. The first-order chi connectivity index (χ1) is 10.3. The summed E-state index contributed by atoms with van der Waals surface area (Å²) in [6.07, 6.45) is -3.33. The second-order valence-corrected chi connectivity index (χ2v) is 4.59. The standard InChI is InChI=1S/C14H10F3N3O2/c1-8-13(10-3-2-6-18-20(10)19-8)9-4-5-11(21)12(7-9)22-14(15,16)17/h2-7,21H,1H3. The molecule has 3 aromatic rings. The first-order valence-electron chi connectivity index (χ1n) is 6.25. The predicted octanol–water partition coefficient (Wildman–Crippen LogP) is 3.31. The van der Waals surface area contributed by atoms with Crippen LogP contribution in [-0.4, -0.2) is 26.3 Å². The Hall–Kier alpha value is -2.77. The number of phenols is 1. The summed E-state index contributed by atoms with van der Waals surface area (Å²) in [6, 6.07) is 7.22. The Labute approximate surface area is 122 Å². The molecule has 0 aliphatic heterocycles. The highest BCUT2D eigenvalue weighted by atomic mass is 19.4. The van der Waals surface area contributed by atoms with E-state index in [0.717, 1.165) is 12.1 Å². The number of hydrogen-bond acceptors (Lipinski definition) is 4. The summed E-state index contributed by atoms with van der Waals surface area (Å²) >= 11 is 0. The van der Waals surface area contributed by atoms with E-state index in [1.807, 2.05) is 0 Å². The van der Waals surface area contributed by atoms with E-state index < -0.39 is 17.9 Å². The van der Waals surface area contributed by atoms with E-state index in [1.54, 1.807) is 25.3 Å². The molecule has 0 fully saturated rings. The fraction of sp³-hybridized carbons (Fsp3) is 0.143. The van der Waals surface area contributed by atoms with Crippen molar-refractivity contribution in [2.45, 2.75) is 13.3 Å². The van der Waals surface area contributed by atoms with E-state index in [9.17, 15) is 18.3 Å². The number of rotatable bonds is 2. The maximum Gasteiger partial charge on any atom is 0.573 e. The molecule has 2 heterocycles. The number of halogens is 3. The zero-order valence-corrected chi connectivity index (χ0v) is 11.3. The summed E-state index contributed by atoms with van der Waals surface area (Å²) in [6.45, 7) is 1.72. The molecule has 114 valence electrons. The Kier molecular flexibility index (Phi) is 3.16. The van der Waals surface area contributed by atoms with Crippen molar-refractivity contribution in [1.82, 2.24) is 14.8 Å². The van der Waals surface area contributed by atoms with Crippen molar-refractivity contribution < 1.29 is 23.0 Å². The largest absolute Gasteiger partial charge is 0.573 e. The summed E-state index contributed by atoms with van der Waals surface area (Å²) in [4.78, 5) is 0. The van der Waals surface area contributed by atoms with Crippen molar-refractivity contribution in [3.05, 3.63) is 42.2 Å². The van der Waals surface area contributed by atoms with Crippen molar-refractivity contribution in [3.63, 3.8) is 0 Å². The lowest BCUT2D eigenvalue weighted by Gasteiger charge is -2.11. The molecule has 1 aromatic carbocycles. The van der Waals surface area contributed by atoms with Crippen LogP contribution in [0.1, 0.15) is 5.69 Å². The Bertz CT molecular complexity index is 843. The minimum Gasteiger partial charge on any atom is -0.504 e. The van der Waals surface area contributed by atoms with Crippen molar-refractivity contribution in [1.29, 1.82) is 0 Å². The molecule has 0 amide bonds. The van der Waals surface area contributed by atoms with Gasteiger partial charge >= 0.3 is 6.36 Å². The van der Waals surface area contributed by atoms with Crippen LogP contribution in [0.3, 0.4) is 0 Å². The molecule has 0 atom stereocenters. The van der Waals surface area contributed by atoms with Gasteiger partial charge < -0.3 is 9.84 Å². The number of nitrogens with zero attached hydrogens (tertiary/aromatic N) is 3. The van der Waals surface area contributed by atoms with E-state index in [4.69, 9.17) is 0 Å². The SMILES string of the molecule is Cc1nn2ncccc2c1-c1ccc(O)c(OC(F)(F)F)c1. The number of fused-ring (bicyclic) bond motifs is 1. The molecule has 0 spiro atoms. The lowest BCUT2D eigenvalue weighted by atomic mass is 10.0. The van der Waals surface area contributed by atoms with E-state index in [-0.39, 0.29) is 0 Å². The molecule has 1 N–H and O–H groups in total. The van der Waals surface area contributed by atoms with E-state index >= 15 is 0 Å². The van der Waals surface area contributed by atoms with Gasteiger partial charge in [0, 0.05) is 11.8 Å². The average Bonchev–Trinajstić information content (AvgIpc) is 2.76. The molecule has 0 unspecified atom stereocenters. The second-order valence-electron chi connectivity index (χ2n) is 4.59. The molecule has 0 radical (unpaired) electrons. The lowest BCUT2D eigenvalue weighted by Crippen LogP contribution is -2.17. The lowest BCUT2D eigenvalue weighted by molar-refractivity contribution is -0.275. The monoisotopic (exact) mass is 309 g/mol. The third-order valence-electron chi connectivity index (χ3n) is 3.07. The number of phenolic OH excluding ortho intramolecular Hbond substituents is 1. The molecule has 0 bridgehead atoms. The van der Waals surface area contributed by atoms with Crippen LogP contribution >= 0.6 is 0 Å². The highest BCUT2D eigenvalue weighted by molar-refractivity contribution is 5.83. The van der Waals surface area contributed by atoms with Gasteiger partial charge in [0.15, 0.2) is 11.5 Å². The van der Waals surface area contributed by atoms with Crippen LogP contribution in [0.4, 0.5) is 13.2 Å². The highest BCUT2D eigenvalue weighted by Gasteiger charge is 2.32. The topological polar surface area (TPSA) is 59.7 Å². The Balaban J connectivity index is 2.15. The van der Waals surface area contributed by atoms with Crippen LogP contribution in [0.2, 0.25) is 0 Å². The third kappa shape index (κ3) is 2.54. The number of benzene rings is 1. The Morgan fingerprint density at radius 2 is 2.00 bits per heavy atom. The molecule has 3 rings (SSSR count). The minimum absolute atomic E-state index is 0.442. The van der Waals surface area contributed by atoms with Crippen molar-refractivity contribution in [2.75, 3.05) is 0 Å². The van der Waals surface area contributed by atoms with Crippen LogP contribution in [-0.2, 0) is 0 Å². The minimum atomic E-state index is -4.88. The first kappa shape index (κ1) is 14.2. The van der Waals surface area contributed by atoms with Gasteiger partial charge in [0.1, 0.15) is 0 Å². The Morgan fingerprint density at radius 3 is 2.73 bits per heavy atom. The van der Waals surface area contributed by atoms with Crippen molar-refractivity contribution >= 4 is 5.52 Å². The molecule has 0 aliphatic carbocycles.